The summed E-state index contributed by atoms with van der Waals surface area (Å²) in [4.78, 5) is 31.7. The molecule has 2 amide bonds. The Bertz CT molecular complexity index is 1060. The SMILES string of the molecule is CCn1nccc1C(=O)N1CCC[C@H](c2ccc(C(=O)Nc3ccc(F)cc3)cn2)C1. The van der Waals surface area contributed by atoms with Crippen molar-refractivity contribution in [2.75, 3.05) is 18.4 Å². The highest BCUT2D eigenvalue weighted by Gasteiger charge is 2.27. The standard InChI is InChI=1S/C23H24FN5O2/c1-2-29-21(11-12-26-29)23(31)28-13-3-4-17(15-28)20-10-5-16(14-25-20)22(30)27-19-8-6-18(24)7-9-19/h5-12,14,17H,2-4,13,15H2,1H3,(H,27,30)/t17-/m0/s1. The van der Waals surface area contributed by atoms with E-state index in [0.717, 1.165) is 18.5 Å². The summed E-state index contributed by atoms with van der Waals surface area (Å²) in [5.41, 5.74) is 2.40. The van der Waals surface area contributed by atoms with Crippen LogP contribution in [-0.4, -0.2) is 44.6 Å². The molecule has 1 aliphatic rings. The maximum atomic E-state index is 13.0. The lowest BCUT2D eigenvalue weighted by atomic mass is 9.93. The lowest BCUT2D eigenvalue weighted by Crippen LogP contribution is -2.40. The summed E-state index contributed by atoms with van der Waals surface area (Å²) in [6.45, 7) is 3.90. The van der Waals surface area contributed by atoms with Gasteiger partial charge in [-0.15, -0.1) is 0 Å². The molecular weight excluding hydrogens is 397 g/mol. The van der Waals surface area contributed by atoms with Gasteiger partial charge in [0.2, 0.25) is 0 Å². The predicted octanol–water partition coefficient (Wildman–Crippen LogP) is 3.71. The molecule has 0 bridgehead atoms. The number of carbonyl (C=O) groups is 2. The molecule has 0 unspecified atom stereocenters. The van der Waals surface area contributed by atoms with Crippen LogP contribution in [0.2, 0.25) is 0 Å². The molecular formula is C23H24FN5O2. The summed E-state index contributed by atoms with van der Waals surface area (Å²) < 4.78 is 14.7. The van der Waals surface area contributed by atoms with E-state index in [-0.39, 0.29) is 23.5 Å². The number of aromatic nitrogens is 3. The maximum absolute atomic E-state index is 13.0. The molecule has 0 radical (unpaired) electrons. The molecule has 1 atom stereocenters. The summed E-state index contributed by atoms with van der Waals surface area (Å²) in [5.74, 6) is -0.564. The van der Waals surface area contributed by atoms with Gasteiger partial charge in [0.25, 0.3) is 11.8 Å². The minimum atomic E-state index is -0.358. The van der Waals surface area contributed by atoms with Crippen molar-refractivity contribution in [1.29, 1.82) is 0 Å². The van der Waals surface area contributed by atoms with E-state index in [1.54, 1.807) is 29.2 Å². The molecule has 1 fully saturated rings. The Hall–Kier alpha value is -3.55. The van der Waals surface area contributed by atoms with Crippen LogP contribution in [0.3, 0.4) is 0 Å². The Morgan fingerprint density at radius 2 is 1.97 bits per heavy atom. The molecule has 2 aromatic heterocycles. The number of anilines is 1. The fourth-order valence-electron chi connectivity index (χ4n) is 3.85. The van der Waals surface area contributed by atoms with Gasteiger partial charge in [0.15, 0.2) is 0 Å². The fourth-order valence-corrected chi connectivity index (χ4v) is 3.85. The Morgan fingerprint density at radius 3 is 2.68 bits per heavy atom. The Morgan fingerprint density at radius 1 is 1.16 bits per heavy atom. The number of piperidine rings is 1. The summed E-state index contributed by atoms with van der Waals surface area (Å²) in [5, 5.41) is 6.91. The minimum Gasteiger partial charge on any atom is -0.337 e. The first-order valence-corrected chi connectivity index (χ1v) is 10.4. The molecule has 3 heterocycles. The van der Waals surface area contributed by atoms with Gasteiger partial charge in [-0.05, 0) is 62.2 Å². The Labute approximate surface area is 179 Å². The van der Waals surface area contributed by atoms with Crippen molar-refractivity contribution < 1.29 is 14.0 Å². The van der Waals surface area contributed by atoms with E-state index in [9.17, 15) is 14.0 Å². The first kappa shape index (κ1) is 20.7. The number of benzene rings is 1. The Kier molecular flexibility index (Phi) is 6.06. The second-order valence-electron chi connectivity index (χ2n) is 7.56. The van der Waals surface area contributed by atoms with Gasteiger partial charge in [0.05, 0.1) is 5.56 Å². The van der Waals surface area contributed by atoms with Crippen LogP contribution >= 0.6 is 0 Å². The number of nitrogens with zero attached hydrogens (tertiary/aromatic N) is 4. The number of halogens is 1. The Balaban J connectivity index is 1.42. The third kappa shape index (κ3) is 4.63. The lowest BCUT2D eigenvalue weighted by molar-refractivity contribution is 0.0693. The normalized spacial score (nSPS) is 16.2. The number of pyridine rings is 1. The molecule has 1 aromatic carbocycles. The third-order valence-electron chi connectivity index (χ3n) is 5.51. The van der Waals surface area contributed by atoms with Gasteiger partial charge >= 0.3 is 0 Å². The minimum absolute atomic E-state index is 0.0145. The highest BCUT2D eigenvalue weighted by atomic mass is 19.1. The maximum Gasteiger partial charge on any atom is 0.272 e. The van der Waals surface area contributed by atoms with Gasteiger partial charge < -0.3 is 10.2 Å². The van der Waals surface area contributed by atoms with E-state index in [1.165, 1.54) is 24.3 Å². The average molecular weight is 421 g/mol. The number of rotatable bonds is 5. The summed E-state index contributed by atoms with van der Waals surface area (Å²) in [7, 11) is 0. The van der Waals surface area contributed by atoms with Crippen molar-refractivity contribution >= 4 is 17.5 Å². The van der Waals surface area contributed by atoms with Crippen LogP contribution < -0.4 is 5.32 Å². The van der Waals surface area contributed by atoms with Crippen LogP contribution in [0.4, 0.5) is 10.1 Å². The number of hydrogen-bond donors (Lipinski definition) is 1. The number of aryl methyl sites for hydroxylation is 1. The van der Waals surface area contributed by atoms with Crippen LogP contribution in [-0.2, 0) is 6.54 Å². The second-order valence-corrected chi connectivity index (χ2v) is 7.56. The summed E-state index contributed by atoms with van der Waals surface area (Å²) in [6.07, 6.45) is 5.02. The van der Waals surface area contributed by atoms with Crippen molar-refractivity contribution in [3.8, 4) is 0 Å². The van der Waals surface area contributed by atoms with E-state index in [4.69, 9.17) is 0 Å². The second kappa shape index (κ2) is 9.07. The zero-order valence-electron chi connectivity index (χ0n) is 17.3. The van der Waals surface area contributed by atoms with Crippen LogP contribution in [0.15, 0.2) is 54.9 Å². The van der Waals surface area contributed by atoms with E-state index in [0.29, 0.717) is 36.6 Å². The molecule has 1 saturated heterocycles. The number of likely N-dealkylation sites (tertiary alicyclic amines) is 1. The first-order chi connectivity index (χ1) is 15.0. The summed E-state index contributed by atoms with van der Waals surface area (Å²) in [6, 6.07) is 10.9. The monoisotopic (exact) mass is 421 g/mol. The molecule has 1 aliphatic heterocycles. The van der Waals surface area contributed by atoms with E-state index >= 15 is 0 Å². The van der Waals surface area contributed by atoms with Gasteiger partial charge in [0.1, 0.15) is 11.5 Å². The van der Waals surface area contributed by atoms with Crippen LogP contribution in [0.25, 0.3) is 0 Å². The van der Waals surface area contributed by atoms with Crippen molar-refractivity contribution in [3.05, 3.63) is 77.6 Å². The van der Waals surface area contributed by atoms with Crippen LogP contribution in [0.5, 0.6) is 0 Å². The lowest BCUT2D eigenvalue weighted by Gasteiger charge is -2.32. The predicted molar refractivity (Wildman–Crippen MR) is 114 cm³/mol. The van der Waals surface area contributed by atoms with E-state index in [1.807, 2.05) is 17.9 Å². The average Bonchev–Trinajstić information content (AvgIpc) is 3.29. The van der Waals surface area contributed by atoms with Gasteiger partial charge in [-0.25, -0.2) is 4.39 Å². The number of hydrogen-bond acceptors (Lipinski definition) is 4. The summed E-state index contributed by atoms with van der Waals surface area (Å²) >= 11 is 0. The van der Waals surface area contributed by atoms with Crippen molar-refractivity contribution in [3.63, 3.8) is 0 Å². The van der Waals surface area contributed by atoms with Crippen molar-refractivity contribution in [2.45, 2.75) is 32.2 Å². The van der Waals surface area contributed by atoms with E-state index < -0.39 is 0 Å². The van der Waals surface area contributed by atoms with Gasteiger partial charge in [-0.2, -0.15) is 5.10 Å². The smallest absolute Gasteiger partial charge is 0.272 e. The molecule has 0 aliphatic carbocycles. The molecule has 1 N–H and O–H groups in total. The van der Waals surface area contributed by atoms with Crippen molar-refractivity contribution in [1.82, 2.24) is 19.7 Å². The highest BCUT2D eigenvalue weighted by molar-refractivity contribution is 6.04. The van der Waals surface area contributed by atoms with Crippen molar-refractivity contribution in [2.24, 2.45) is 0 Å². The number of amides is 2. The first-order valence-electron chi connectivity index (χ1n) is 10.4. The van der Waals surface area contributed by atoms with Gasteiger partial charge in [0, 0.05) is 49.3 Å². The van der Waals surface area contributed by atoms with E-state index in [2.05, 4.69) is 15.4 Å². The zero-order valence-corrected chi connectivity index (χ0v) is 17.3. The van der Waals surface area contributed by atoms with Gasteiger partial charge in [-0.1, -0.05) is 0 Å². The molecule has 4 rings (SSSR count). The third-order valence-corrected chi connectivity index (χ3v) is 5.51. The molecule has 0 spiro atoms. The van der Waals surface area contributed by atoms with Crippen LogP contribution in [0, 0.1) is 5.82 Å². The zero-order chi connectivity index (χ0) is 21.8. The number of nitrogens with one attached hydrogen (secondary N) is 1. The molecule has 3 aromatic rings. The topological polar surface area (TPSA) is 80.1 Å². The quantitative estimate of drug-likeness (QED) is 0.681. The number of carbonyl (C=O) groups excluding carboxylic acids is 2. The molecule has 31 heavy (non-hydrogen) atoms. The molecule has 160 valence electrons. The highest BCUT2D eigenvalue weighted by Crippen LogP contribution is 2.27. The molecule has 7 nitrogen and oxygen atoms in total. The fraction of sp³-hybridized carbons (Fsp3) is 0.304. The largest absolute Gasteiger partial charge is 0.337 e. The van der Waals surface area contributed by atoms with Crippen LogP contribution in [0.1, 0.15) is 52.2 Å². The molecule has 0 saturated carbocycles. The molecule has 8 heteroatoms. The van der Waals surface area contributed by atoms with Gasteiger partial charge in [-0.3, -0.25) is 19.3 Å².